The van der Waals surface area contributed by atoms with Crippen LogP contribution in [0, 0.1) is 0 Å². The van der Waals surface area contributed by atoms with Gasteiger partial charge in [-0.15, -0.1) is 11.3 Å². The molecule has 1 N–H and O–H groups in total. The average molecular weight is 357 g/mol. The Morgan fingerprint density at radius 3 is 3.05 bits per heavy atom. The monoisotopic (exact) mass is 356 g/mol. The van der Waals surface area contributed by atoms with Gasteiger partial charge in [-0.05, 0) is 39.9 Å². The lowest BCUT2D eigenvalue weighted by Gasteiger charge is -2.20. The molecule has 7 heteroatoms. The minimum absolute atomic E-state index is 0.660. The maximum Gasteiger partial charge on any atom is 0.194 e. The van der Waals surface area contributed by atoms with Gasteiger partial charge in [0.15, 0.2) is 5.96 Å². The Morgan fingerprint density at radius 1 is 1.60 bits per heavy atom. The van der Waals surface area contributed by atoms with Gasteiger partial charge in [0.2, 0.25) is 0 Å². The Kier molecular flexibility index (Phi) is 5.60. The van der Waals surface area contributed by atoms with Gasteiger partial charge in [0, 0.05) is 19.7 Å². The molecule has 0 fully saturated rings. The van der Waals surface area contributed by atoms with Crippen molar-refractivity contribution in [1.82, 2.24) is 15.4 Å². The Bertz CT molecular complexity index is 552. The largest absolute Gasteiger partial charge is 0.364 e. The van der Waals surface area contributed by atoms with E-state index < -0.39 is 0 Å². The van der Waals surface area contributed by atoms with E-state index in [2.05, 4.69) is 49.8 Å². The minimum atomic E-state index is 0.660. The molecule has 0 saturated carbocycles. The molecule has 0 unspecified atom stereocenters. The van der Waals surface area contributed by atoms with Gasteiger partial charge in [-0.25, -0.2) is 4.99 Å². The number of thiophene rings is 1. The molecule has 0 atom stereocenters. The standard InChI is InChI=1S/C13H17BrN4OS/c1-3-15-13(16-7-10-6-12(14)20-9-10)18(2)8-11-4-5-19-17-11/h4-6,9H,3,7-8H2,1-2H3,(H,15,16). The van der Waals surface area contributed by atoms with E-state index in [-0.39, 0.29) is 0 Å². The van der Waals surface area contributed by atoms with E-state index in [0.29, 0.717) is 13.1 Å². The van der Waals surface area contributed by atoms with E-state index in [4.69, 9.17) is 4.52 Å². The van der Waals surface area contributed by atoms with Gasteiger partial charge in [-0.3, -0.25) is 0 Å². The van der Waals surface area contributed by atoms with Gasteiger partial charge in [0.05, 0.1) is 16.9 Å². The van der Waals surface area contributed by atoms with Crippen molar-refractivity contribution < 1.29 is 4.52 Å². The van der Waals surface area contributed by atoms with E-state index in [1.165, 1.54) is 5.56 Å². The summed E-state index contributed by atoms with van der Waals surface area (Å²) < 4.78 is 5.97. The lowest BCUT2D eigenvalue weighted by molar-refractivity contribution is 0.391. The van der Waals surface area contributed by atoms with Gasteiger partial charge in [-0.1, -0.05) is 5.16 Å². The van der Waals surface area contributed by atoms with Crippen LogP contribution in [0.4, 0.5) is 0 Å². The SMILES string of the molecule is CCNC(=NCc1csc(Br)c1)N(C)Cc1ccon1. The number of halogens is 1. The first-order chi connectivity index (χ1) is 9.69. The van der Waals surface area contributed by atoms with Crippen molar-refractivity contribution in [3.05, 3.63) is 38.8 Å². The minimum Gasteiger partial charge on any atom is -0.364 e. The highest BCUT2D eigenvalue weighted by Gasteiger charge is 2.08. The summed E-state index contributed by atoms with van der Waals surface area (Å²) in [6.45, 7) is 4.21. The summed E-state index contributed by atoms with van der Waals surface area (Å²) >= 11 is 5.14. The maximum atomic E-state index is 4.85. The second-order valence-electron chi connectivity index (χ2n) is 4.28. The molecule has 2 rings (SSSR count). The van der Waals surface area contributed by atoms with Crippen LogP contribution in [0.2, 0.25) is 0 Å². The molecular formula is C13H17BrN4OS. The fourth-order valence-electron chi connectivity index (χ4n) is 1.70. The number of nitrogens with one attached hydrogen (secondary N) is 1. The summed E-state index contributed by atoms with van der Waals surface area (Å²) in [6, 6.07) is 3.95. The third kappa shape index (κ3) is 4.35. The van der Waals surface area contributed by atoms with Gasteiger partial charge in [0.1, 0.15) is 12.0 Å². The molecule has 0 aromatic carbocycles. The zero-order valence-corrected chi connectivity index (χ0v) is 13.9. The van der Waals surface area contributed by atoms with E-state index in [0.717, 1.165) is 22.0 Å². The molecule has 2 aromatic rings. The Balaban J connectivity index is 2.01. The normalized spacial score (nSPS) is 11.7. The number of aromatic nitrogens is 1. The molecule has 0 radical (unpaired) electrons. The molecule has 20 heavy (non-hydrogen) atoms. The van der Waals surface area contributed by atoms with Crippen molar-refractivity contribution in [1.29, 1.82) is 0 Å². The van der Waals surface area contributed by atoms with Gasteiger partial charge < -0.3 is 14.7 Å². The molecule has 108 valence electrons. The van der Waals surface area contributed by atoms with E-state index in [9.17, 15) is 0 Å². The van der Waals surface area contributed by atoms with Crippen molar-refractivity contribution >= 4 is 33.2 Å². The summed E-state index contributed by atoms with van der Waals surface area (Å²) in [5.74, 6) is 0.859. The Hall–Kier alpha value is -1.34. The number of hydrogen-bond donors (Lipinski definition) is 1. The molecular weight excluding hydrogens is 340 g/mol. The third-order valence-electron chi connectivity index (χ3n) is 2.62. The second-order valence-corrected chi connectivity index (χ2v) is 6.57. The van der Waals surface area contributed by atoms with E-state index in [1.54, 1.807) is 17.6 Å². The summed E-state index contributed by atoms with van der Waals surface area (Å²) in [6.07, 6.45) is 1.58. The van der Waals surface area contributed by atoms with Crippen LogP contribution in [0.1, 0.15) is 18.2 Å². The number of hydrogen-bond acceptors (Lipinski definition) is 4. The number of rotatable bonds is 5. The van der Waals surface area contributed by atoms with Crippen LogP contribution in [-0.2, 0) is 13.1 Å². The molecule has 0 aliphatic rings. The smallest absolute Gasteiger partial charge is 0.194 e. The highest BCUT2D eigenvalue weighted by molar-refractivity contribution is 9.11. The van der Waals surface area contributed by atoms with Crippen LogP contribution >= 0.6 is 27.3 Å². The predicted molar refractivity (Wildman–Crippen MR) is 84.8 cm³/mol. The molecule has 0 saturated heterocycles. The zero-order valence-electron chi connectivity index (χ0n) is 11.5. The first kappa shape index (κ1) is 15.1. The number of guanidine groups is 1. The summed E-state index contributed by atoms with van der Waals surface area (Å²) in [7, 11) is 1.99. The number of aliphatic imine (C=N–C) groups is 1. The van der Waals surface area contributed by atoms with Crippen molar-refractivity contribution in [3.63, 3.8) is 0 Å². The maximum absolute atomic E-state index is 4.85. The summed E-state index contributed by atoms with van der Waals surface area (Å²) in [5.41, 5.74) is 2.09. The van der Waals surface area contributed by atoms with Crippen LogP contribution < -0.4 is 5.32 Å². The van der Waals surface area contributed by atoms with Crippen molar-refractivity contribution in [3.8, 4) is 0 Å². The van der Waals surface area contributed by atoms with Crippen LogP contribution in [-0.4, -0.2) is 29.6 Å². The topological polar surface area (TPSA) is 53.7 Å². The van der Waals surface area contributed by atoms with Crippen LogP contribution in [0.3, 0.4) is 0 Å². The van der Waals surface area contributed by atoms with Crippen molar-refractivity contribution in [2.24, 2.45) is 4.99 Å². The van der Waals surface area contributed by atoms with Crippen LogP contribution in [0.15, 0.2) is 37.1 Å². The van der Waals surface area contributed by atoms with Crippen molar-refractivity contribution in [2.75, 3.05) is 13.6 Å². The molecule has 2 heterocycles. The second kappa shape index (κ2) is 7.44. The zero-order chi connectivity index (χ0) is 14.4. The lowest BCUT2D eigenvalue weighted by Crippen LogP contribution is -2.38. The fraction of sp³-hybridized carbons (Fsp3) is 0.385. The average Bonchev–Trinajstić information content (AvgIpc) is 3.06. The van der Waals surface area contributed by atoms with Gasteiger partial charge in [0.25, 0.3) is 0 Å². The van der Waals surface area contributed by atoms with Crippen LogP contribution in [0.5, 0.6) is 0 Å². The Morgan fingerprint density at radius 2 is 2.45 bits per heavy atom. The molecule has 0 aliphatic carbocycles. The van der Waals surface area contributed by atoms with E-state index in [1.807, 2.05) is 18.0 Å². The summed E-state index contributed by atoms with van der Waals surface area (Å²) in [4.78, 5) is 6.67. The molecule has 5 nitrogen and oxygen atoms in total. The molecule has 0 spiro atoms. The third-order valence-corrected chi connectivity index (χ3v) is 4.17. The Labute approximate surface area is 130 Å². The van der Waals surface area contributed by atoms with Gasteiger partial charge >= 0.3 is 0 Å². The quantitative estimate of drug-likeness (QED) is 0.660. The van der Waals surface area contributed by atoms with E-state index >= 15 is 0 Å². The molecule has 0 amide bonds. The van der Waals surface area contributed by atoms with Crippen LogP contribution in [0.25, 0.3) is 0 Å². The first-order valence-electron chi connectivity index (χ1n) is 6.30. The van der Waals surface area contributed by atoms with Crippen molar-refractivity contribution in [2.45, 2.75) is 20.0 Å². The first-order valence-corrected chi connectivity index (χ1v) is 7.98. The number of nitrogens with zero attached hydrogens (tertiary/aromatic N) is 3. The molecule has 0 bridgehead atoms. The lowest BCUT2D eigenvalue weighted by atomic mass is 10.3. The molecule has 2 aromatic heterocycles. The highest BCUT2D eigenvalue weighted by Crippen LogP contribution is 2.21. The summed E-state index contributed by atoms with van der Waals surface area (Å²) in [5, 5.41) is 9.30. The highest BCUT2D eigenvalue weighted by atomic mass is 79.9. The molecule has 0 aliphatic heterocycles. The van der Waals surface area contributed by atoms with Gasteiger partial charge in [-0.2, -0.15) is 0 Å². The predicted octanol–water partition coefficient (Wildman–Crippen LogP) is 3.10. The fourth-order valence-corrected chi connectivity index (χ4v) is 2.90.